The number of aliphatic hydroxyl groups excluding tert-OH is 1. The van der Waals surface area contributed by atoms with E-state index in [1.807, 2.05) is 6.92 Å². The van der Waals surface area contributed by atoms with Gasteiger partial charge >= 0.3 is 0 Å². The third-order valence-electron chi connectivity index (χ3n) is 3.18. The van der Waals surface area contributed by atoms with Crippen LogP contribution in [0.25, 0.3) is 0 Å². The number of aryl methyl sites for hydroxylation is 1. The van der Waals surface area contributed by atoms with Gasteiger partial charge in [-0.3, -0.25) is 4.90 Å². The first-order valence-corrected chi connectivity index (χ1v) is 6.14. The SMILES string of the molecule is Cc1nonc1CN(CCO)CC1CCCN1. The van der Waals surface area contributed by atoms with Crippen LogP contribution < -0.4 is 5.32 Å². The highest BCUT2D eigenvalue weighted by molar-refractivity contribution is 5.04. The fraction of sp³-hybridized carbons (Fsp3) is 0.818. The Hall–Kier alpha value is -0.980. The highest BCUT2D eigenvalue weighted by Crippen LogP contribution is 2.10. The molecule has 1 unspecified atom stereocenters. The van der Waals surface area contributed by atoms with Crippen molar-refractivity contribution < 1.29 is 9.74 Å². The molecule has 0 amide bonds. The van der Waals surface area contributed by atoms with Gasteiger partial charge in [-0.1, -0.05) is 10.3 Å². The maximum atomic E-state index is 9.09. The van der Waals surface area contributed by atoms with Crippen LogP contribution >= 0.6 is 0 Å². The van der Waals surface area contributed by atoms with Crippen LogP contribution in [0.1, 0.15) is 24.2 Å². The normalized spacial score (nSPS) is 20.3. The molecule has 96 valence electrons. The van der Waals surface area contributed by atoms with E-state index in [4.69, 9.17) is 5.11 Å². The van der Waals surface area contributed by atoms with Crippen LogP contribution in [0.5, 0.6) is 0 Å². The first-order valence-electron chi connectivity index (χ1n) is 6.14. The molecule has 2 N–H and O–H groups in total. The van der Waals surface area contributed by atoms with Gasteiger partial charge in [-0.25, -0.2) is 4.63 Å². The molecule has 2 rings (SSSR count). The molecule has 0 radical (unpaired) electrons. The molecule has 6 heteroatoms. The molecular formula is C11H20N4O2. The van der Waals surface area contributed by atoms with Gasteiger partial charge in [-0.2, -0.15) is 0 Å². The van der Waals surface area contributed by atoms with Gasteiger partial charge in [-0.05, 0) is 26.3 Å². The van der Waals surface area contributed by atoms with Gasteiger partial charge in [0.25, 0.3) is 0 Å². The minimum Gasteiger partial charge on any atom is -0.395 e. The van der Waals surface area contributed by atoms with E-state index in [2.05, 4.69) is 25.2 Å². The molecule has 1 fully saturated rings. The van der Waals surface area contributed by atoms with Gasteiger partial charge in [0.1, 0.15) is 11.4 Å². The third-order valence-corrected chi connectivity index (χ3v) is 3.18. The predicted molar refractivity (Wildman–Crippen MR) is 62.4 cm³/mol. The molecule has 0 spiro atoms. The largest absolute Gasteiger partial charge is 0.395 e. The summed E-state index contributed by atoms with van der Waals surface area (Å²) in [6, 6.07) is 0.529. The van der Waals surface area contributed by atoms with Crippen molar-refractivity contribution in [3.63, 3.8) is 0 Å². The summed E-state index contributed by atoms with van der Waals surface area (Å²) in [7, 11) is 0. The van der Waals surface area contributed by atoms with Crippen molar-refractivity contribution in [2.45, 2.75) is 32.4 Å². The van der Waals surface area contributed by atoms with Gasteiger partial charge in [-0.15, -0.1) is 0 Å². The number of nitrogens with one attached hydrogen (secondary N) is 1. The molecule has 17 heavy (non-hydrogen) atoms. The molecule has 1 aromatic heterocycles. The van der Waals surface area contributed by atoms with Crippen molar-refractivity contribution in [1.29, 1.82) is 0 Å². The topological polar surface area (TPSA) is 74.4 Å². The molecule has 1 aromatic rings. The van der Waals surface area contributed by atoms with E-state index in [1.165, 1.54) is 12.8 Å². The van der Waals surface area contributed by atoms with E-state index < -0.39 is 0 Å². The van der Waals surface area contributed by atoms with Crippen molar-refractivity contribution in [3.05, 3.63) is 11.4 Å². The number of nitrogens with zero attached hydrogens (tertiary/aromatic N) is 3. The standard InChI is InChI=1S/C11H20N4O2/c1-9-11(14-17-13-9)8-15(5-6-16)7-10-3-2-4-12-10/h10,12,16H,2-8H2,1H3. The Kier molecular flexibility index (Phi) is 4.47. The highest BCUT2D eigenvalue weighted by Gasteiger charge is 2.19. The van der Waals surface area contributed by atoms with Crippen molar-refractivity contribution in [2.24, 2.45) is 0 Å². The van der Waals surface area contributed by atoms with Gasteiger partial charge in [0.2, 0.25) is 0 Å². The Labute approximate surface area is 101 Å². The fourth-order valence-electron chi connectivity index (χ4n) is 2.21. The minimum atomic E-state index is 0.164. The first-order chi connectivity index (χ1) is 8.29. The summed E-state index contributed by atoms with van der Waals surface area (Å²) in [6.07, 6.45) is 2.44. The number of rotatable bonds is 6. The second-order valence-corrected chi connectivity index (χ2v) is 4.55. The monoisotopic (exact) mass is 240 g/mol. The lowest BCUT2D eigenvalue weighted by Gasteiger charge is -2.23. The van der Waals surface area contributed by atoms with Crippen molar-refractivity contribution in [1.82, 2.24) is 20.5 Å². The smallest absolute Gasteiger partial charge is 0.122 e. The second-order valence-electron chi connectivity index (χ2n) is 4.55. The summed E-state index contributed by atoms with van der Waals surface area (Å²) >= 11 is 0. The molecular weight excluding hydrogens is 220 g/mol. The summed E-state index contributed by atoms with van der Waals surface area (Å²) in [4.78, 5) is 2.19. The fourth-order valence-corrected chi connectivity index (χ4v) is 2.21. The first kappa shape index (κ1) is 12.5. The zero-order valence-corrected chi connectivity index (χ0v) is 10.2. The van der Waals surface area contributed by atoms with Crippen LogP contribution in [0.15, 0.2) is 4.63 Å². The molecule has 1 aliphatic heterocycles. The number of aliphatic hydroxyl groups is 1. The van der Waals surface area contributed by atoms with Crippen molar-refractivity contribution in [2.75, 3.05) is 26.2 Å². The lowest BCUT2D eigenvalue weighted by molar-refractivity contribution is 0.175. The number of aromatic nitrogens is 2. The molecule has 2 heterocycles. The van der Waals surface area contributed by atoms with Gasteiger partial charge in [0.05, 0.1) is 6.61 Å². The molecule has 0 aliphatic carbocycles. The Morgan fingerprint density at radius 3 is 3.00 bits per heavy atom. The van der Waals surface area contributed by atoms with E-state index >= 15 is 0 Å². The molecule has 6 nitrogen and oxygen atoms in total. The van der Waals surface area contributed by atoms with Gasteiger partial charge in [0, 0.05) is 25.7 Å². The second kappa shape index (κ2) is 6.09. The molecule has 0 saturated carbocycles. The Morgan fingerprint density at radius 1 is 1.53 bits per heavy atom. The van der Waals surface area contributed by atoms with E-state index in [1.54, 1.807) is 0 Å². The summed E-state index contributed by atoms with van der Waals surface area (Å²) in [6.45, 7) is 5.43. The lowest BCUT2D eigenvalue weighted by Crippen LogP contribution is -2.38. The van der Waals surface area contributed by atoms with Crippen LogP contribution in [0.4, 0.5) is 0 Å². The molecule has 1 saturated heterocycles. The van der Waals surface area contributed by atoms with Crippen LogP contribution in [-0.4, -0.2) is 52.6 Å². The maximum absolute atomic E-state index is 9.09. The van der Waals surface area contributed by atoms with E-state index in [-0.39, 0.29) is 6.61 Å². The minimum absolute atomic E-state index is 0.164. The zero-order chi connectivity index (χ0) is 12.1. The zero-order valence-electron chi connectivity index (χ0n) is 10.2. The Bertz CT molecular complexity index is 336. The van der Waals surface area contributed by atoms with E-state index in [0.29, 0.717) is 19.1 Å². The molecule has 0 bridgehead atoms. The summed E-state index contributed by atoms with van der Waals surface area (Å²) < 4.78 is 4.69. The molecule has 1 atom stereocenters. The average Bonchev–Trinajstić information content (AvgIpc) is 2.92. The van der Waals surface area contributed by atoms with E-state index in [9.17, 15) is 0 Å². The van der Waals surface area contributed by atoms with Crippen LogP contribution in [0.2, 0.25) is 0 Å². The van der Waals surface area contributed by atoms with Crippen LogP contribution in [0.3, 0.4) is 0 Å². The molecule has 0 aromatic carbocycles. The number of hydrogen-bond acceptors (Lipinski definition) is 6. The summed E-state index contributed by atoms with van der Waals surface area (Å²) in [5, 5.41) is 20.2. The van der Waals surface area contributed by atoms with Gasteiger partial charge in [0.15, 0.2) is 0 Å². The highest BCUT2D eigenvalue weighted by atomic mass is 16.6. The van der Waals surface area contributed by atoms with E-state index in [0.717, 1.165) is 24.5 Å². The quantitative estimate of drug-likeness (QED) is 0.724. The van der Waals surface area contributed by atoms with Crippen molar-refractivity contribution in [3.8, 4) is 0 Å². The van der Waals surface area contributed by atoms with Crippen molar-refractivity contribution >= 4 is 0 Å². The Balaban J connectivity index is 1.89. The predicted octanol–water partition coefficient (Wildman–Crippen LogP) is -0.0757. The maximum Gasteiger partial charge on any atom is 0.122 e. The van der Waals surface area contributed by atoms with Gasteiger partial charge < -0.3 is 10.4 Å². The lowest BCUT2D eigenvalue weighted by atomic mass is 10.2. The third kappa shape index (κ3) is 3.49. The molecule has 1 aliphatic rings. The van der Waals surface area contributed by atoms with Crippen LogP contribution in [0, 0.1) is 6.92 Å². The van der Waals surface area contributed by atoms with Crippen LogP contribution in [-0.2, 0) is 6.54 Å². The number of hydrogen-bond donors (Lipinski definition) is 2. The summed E-state index contributed by atoms with van der Waals surface area (Å²) in [5.41, 5.74) is 1.68. The average molecular weight is 240 g/mol. The summed E-state index contributed by atoms with van der Waals surface area (Å²) in [5.74, 6) is 0. The Morgan fingerprint density at radius 2 is 2.41 bits per heavy atom.